The van der Waals surface area contributed by atoms with E-state index in [1.807, 2.05) is 5.38 Å². The zero-order valence-corrected chi connectivity index (χ0v) is 14.6. The van der Waals surface area contributed by atoms with Crippen molar-refractivity contribution in [3.63, 3.8) is 0 Å². The molecule has 2 aromatic heterocycles. The van der Waals surface area contributed by atoms with Gasteiger partial charge in [0.2, 0.25) is 5.88 Å². The van der Waals surface area contributed by atoms with E-state index < -0.39 is 0 Å². The van der Waals surface area contributed by atoms with Gasteiger partial charge >= 0.3 is 0 Å². The van der Waals surface area contributed by atoms with Crippen molar-refractivity contribution in [1.29, 1.82) is 0 Å². The van der Waals surface area contributed by atoms with E-state index in [0.29, 0.717) is 17.2 Å². The van der Waals surface area contributed by atoms with Crippen LogP contribution >= 0.6 is 11.3 Å². The van der Waals surface area contributed by atoms with E-state index in [0.717, 1.165) is 21.3 Å². The van der Waals surface area contributed by atoms with E-state index >= 15 is 0 Å². The SMILES string of the molecule is CC(=O)c1cccc(Oc2ncnc3scc(-c4ccc(F)cc4)c23)c1. The fourth-order valence-corrected chi connectivity index (χ4v) is 3.56. The number of ether oxygens (including phenoxy) is 1. The molecule has 0 atom stereocenters. The van der Waals surface area contributed by atoms with E-state index in [4.69, 9.17) is 4.74 Å². The van der Waals surface area contributed by atoms with Gasteiger partial charge in [-0.15, -0.1) is 11.3 Å². The maximum atomic E-state index is 13.2. The lowest BCUT2D eigenvalue weighted by Crippen LogP contribution is -1.94. The number of Topliss-reactive ketones (excluding diaryl/α,β-unsaturated/α-hetero) is 1. The Balaban J connectivity index is 1.80. The summed E-state index contributed by atoms with van der Waals surface area (Å²) in [5.74, 6) is 0.595. The number of halogens is 1. The van der Waals surface area contributed by atoms with Crippen molar-refractivity contribution in [3.05, 3.63) is 71.6 Å². The normalized spacial score (nSPS) is 10.8. The van der Waals surface area contributed by atoms with Gasteiger partial charge in [-0.2, -0.15) is 0 Å². The largest absolute Gasteiger partial charge is 0.438 e. The van der Waals surface area contributed by atoms with Crippen LogP contribution < -0.4 is 4.74 Å². The van der Waals surface area contributed by atoms with Crippen molar-refractivity contribution in [2.75, 3.05) is 0 Å². The molecule has 0 aliphatic heterocycles. The molecule has 0 fully saturated rings. The fourth-order valence-electron chi connectivity index (χ4n) is 2.66. The summed E-state index contributed by atoms with van der Waals surface area (Å²) in [6.45, 7) is 1.51. The molecule has 0 spiro atoms. The number of ketones is 1. The molecule has 0 bridgehead atoms. The van der Waals surface area contributed by atoms with Gasteiger partial charge in [0.15, 0.2) is 5.78 Å². The monoisotopic (exact) mass is 364 g/mol. The third-order valence-corrected chi connectivity index (χ3v) is 4.83. The van der Waals surface area contributed by atoms with Crippen LogP contribution in [0.15, 0.2) is 60.2 Å². The first-order chi connectivity index (χ1) is 12.6. The highest BCUT2D eigenvalue weighted by molar-refractivity contribution is 7.17. The number of benzene rings is 2. The Morgan fingerprint density at radius 2 is 1.92 bits per heavy atom. The molecule has 0 saturated carbocycles. The minimum atomic E-state index is -0.290. The molecular formula is C20H13FN2O2S. The molecular weight excluding hydrogens is 351 g/mol. The Bertz CT molecular complexity index is 1110. The second-order valence-corrected chi connectivity index (χ2v) is 6.56. The van der Waals surface area contributed by atoms with Crippen molar-refractivity contribution in [2.45, 2.75) is 6.92 Å². The van der Waals surface area contributed by atoms with Crippen molar-refractivity contribution < 1.29 is 13.9 Å². The standard InChI is InChI=1S/C20H13FN2O2S/c1-12(24)14-3-2-4-16(9-14)25-19-18-17(10-26-20(18)23-11-22-19)13-5-7-15(21)8-6-13/h2-11H,1H3. The smallest absolute Gasteiger partial charge is 0.231 e. The predicted molar refractivity (Wildman–Crippen MR) is 99.3 cm³/mol. The molecule has 128 valence electrons. The lowest BCUT2D eigenvalue weighted by molar-refractivity contribution is 0.101. The molecule has 2 heterocycles. The summed E-state index contributed by atoms with van der Waals surface area (Å²) in [4.78, 5) is 20.9. The molecule has 6 heteroatoms. The molecule has 0 N–H and O–H groups in total. The van der Waals surface area contributed by atoms with Gasteiger partial charge in [0.25, 0.3) is 0 Å². The van der Waals surface area contributed by atoms with Gasteiger partial charge < -0.3 is 4.74 Å². The zero-order valence-electron chi connectivity index (χ0n) is 13.8. The van der Waals surface area contributed by atoms with Gasteiger partial charge in [-0.1, -0.05) is 24.3 Å². The summed E-state index contributed by atoms with van der Waals surface area (Å²) in [6.07, 6.45) is 1.44. The molecule has 2 aromatic carbocycles. The van der Waals surface area contributed by atoms with Crippen molar-refractivity contribution >= 4 is 27.3 Å². The van der Waals surface area contributed by atoms with E-state index in [-0.39, 0.29) is 11.6 Å². The molecule has 0 radical (unpaired) electrons. The summed E-state index contributed by atoms with van der Waals surface area (Å²) in [5, 5.41) is 2.71. The third-order valence-electron chi connectivity index (χ3n) is 3.95. The highest BCUT2D eigenvalue weighted by Crippen LogP contribution is 2.39. The summed E-state index contributed by atoms with van der Waals surface area (Å²) < 4.78 is 19.2. The number of thiophene rings is 1. The number of hydrogen-bond donors (Lipinski definition) is 0. The van der Waals surface area contributed by atoms with Crippen LogP contribution in [-0.4, -0.2) is 15.8 Å². The number of carbonyl (C=O) groups excluding carboxylic acids is 1. The van der Waals surface area contributed by atoms with Gasteiger partial charge in [0, 0.05) is 16.5 Å². The highest BCUT2D eigenvalue weighted by Gasteiger charge is 2.15. The zero-order chi connectivity index (χ0) is 18.1. The number of nitrogens with zero attached hydrogens (tertiary/aromatic N) is 2. The Kier molecular flexibility index (Phi) is 4.18. The molecule has 0 saturated heterocycles. The molecule has 0 unspecified atom stereocenters. The second-order valence-electron chi connectivity index (χ2n) is 5.70. The molecule has 26 heavy (non-hydrogen) atoms. The molecule has 4 aromatic rings. The molecule has 0 aliphatic rings. The van der Waals surface area contributed by atoms with Crippen molar-refractivity contribution in [3.8, 4) is 22.8 Å². The van der Waals surface area contributed by atoms with Gasteiger partial charge in [-0.25, -0.2) is 14.4 Å². The number of aromatic nitrogens is 2. The van der Waals surface area contributed by atoms with E-state index in [1.165, 1.54) is 36.7 Å². The maximum absolute atomic E-state index is 13.2. The lowest BCUT2D eigenvalue weighted by Gasteiger charge is -2.08. The Hall–Kier alpha value is -3.12. The Labute approximate surface area is 152 Å². The lowest BCUT2D eigenvalue weighted by atomic mass is 10.1. The number of hydrogen-bond acceptors (Lipinski definition) is 5. The van der Waals surface area contributed by atoms with E-state index in [9.17, 15) is 9.18 Å². The summed E-state index contributed by atoms with van der Waals surface area (Å²) >= 11 is 1.47. The first kappa shape index (κ1) is 16.4. The fraction of sp³-hybridized carbons (Fsp3) is 0.0500. The molecule has 0 aliphatic carbocycles. The average Bonchev–Trinajstić information content (AvgIpc) is 3.08. The van der Waals surface area contributed by atoms with Gasteiger partial charge in [-0.05, 0) is 36.8 Å². The van der Waals surface area contributed by atoms with Crippen LogP contribution in [0.4, 0.5) is 4.39 Å². The van der Waals surface area contributed by atoms with Crippen LogP contribution in [0.1, 0.15) is 17.3 Å². The Morgan fingerprint density at radius 1 is 1.12 bits per heavy atom. The first-order valence-electron chi connectivity index (χ1n) is 7.89. The molecule has 4 rings (SSSR count). The predicted octanol–water partition coefficient (Wildman–Crippen LogP) is 5.49. The minimum absolute atomic E-state index is 0.0363. The average molecular weight is 364 g/mol. The van der Waals surface area contributed by atoms with Crippen LogP contribution in [0.3, 0.4) is 0 Å². The number of fused-ring (bicyclic) bond motifs is 1. The summed E-state index contributed by atoms with van der Waals surface area (Å²) in [6, 6.07) is 13.2. The van der Waals surface area contributed by atoms with Crippen LogP contribution in [0.25, 0.3) is 21.3 Å². The summed E-state index contributed by atoms with van der Waals surface area (Å²) in [7, 11) is 0. The Morgan fingerprint density at radius 3 is 2.69 bits per heavy atom. The second kappa shape index (κ2) is 6.65. The van der Waals surface area contributed by atoms with Crippen LogP contribution in [0, 0.1) is 5.82 Å². The topological polar surface area (TPSA) is 52.1 Å². The van der Waals surface area contributed by atoms with Crippen LogP contribution in [0.2, 0.25) is 0 Å². The van der Waals surface area contributed by atoms with Gasteiger partial charge in [0.1, 0.15) is 22.7 Å². The van der Waals surface area contributed by atoms with Crippen LogP contribution in [0.5, 0.6) is 11.6 Å². The van der Waals surface area contributed by atoms with E-state index in [1.54, 1.807) is 36.4 Å². The number of rotatable bonds is 4. The van der Waals surface area contributed by atoms with Crippen molar-refractivity contribution in [1.82, 2.24) is 9.97 Å². The van der Waals surface area contributed by atoms with Gasteiger partial charge in [-0.3, -0.25) is 4.79 Å². The number of carbonyl (C=O) groups is 1. The molecule has 0 amide bonds. The quantitative estimate of drug-likeness (QED) is 0.449. The first-order valence-corrected chi connectivity index (χ1v) is 8.77. The van der Waals surface area contributed by atoms with E-state index in [2.05, 4.69) is 9.97 Å². The maximum Gasteiger partial charge on any atom is 0.231 e. The van der Waals surface area contributed by atoms with Crippen LogP contribution in [-0.2, 0) is 0 Å². The minimum Gasteiger partial charge on any atom is -0.438 e. The highest BCUT2D eigenvalue weighted by atomic mass is 32.1. The third kappa shape index (κ3) is 3.07. The van der Waals surface area contributed by atoms with Crippen molar-refractivity contribution in [2.24, 2.45) is 0 Å². The van der Waals surface area contributed by atoms with Gasteiger partial charge in [0.05, 0.1) is 5.39 Å². The summed E-state index contributed by atoms with van der Waals surface area (Å²) in [5.41, 5.74) is 2.30. The molecule has 4 nitrogen and oxygen atoms in total.